The topological polar surface area (TPSA) is 75.7 Å². The van der Waals surface area contributed by atoms with Gasteiger partial charge in [-0.05, 0) is 24.3 Å². The summed E-state index contributed by atoms with van der Waals surface area (Å²) >= 11 is 1.20. The molecule has 17 heavy (non-hydrogen) atoms. The highest BCUT2D eigenvalue weighted by Gasteiger charge is 2.07. The SMILES string of the molecule is N=C(N)c1ccc(Sc2ccncn2)c(F)c1. The molecule has 0 aliphatic heterocycles. The van der Waals surface area contributed by atoms with Crippen LogP contribution in [0.25, 0.3) is 0 Å². The summed E-state index contributed by atoms with van der Waals surface area (Å²) in [6.45, 7) is 0. The number of hydrogen-bond donors (Lipinski definition) is 2. The Morgan fingerprint density at radius 2 is 2.18 bits per heavy atom. The Morgan fingerprint density at radius 3 is 2.76 bits per heavy atom. The lowest BCUT2D eigenvalue weighted by molar-refractivity contribution is 0.601. The van der Waals surface area contributed by atoms with Gasteiger partial charge in [-0.2, -0.15) is 0 Å². The average molecular weight is 248 g/mol. The normalized spacial score (nSPS) is 10.2. The second-order valence-electron chi connectivity index (χ2n) is 3.21. The van der Waals surface area contributed by atoms with Crippen LogP contribution in [0.3, 0.4) is 0 Å². The number of nitrogens with one attached hydrogen (secondary N) is 1. The van der Waals surface area contributed by atoms with Gasteiger partial charge in [0.1, 0.15) is 23.0 Å². The van der Waals surface area contributed by atoms with Crippen molar-refractivity contribution in [2.24, 2.45) is 5.73 Å². The van der Waals surface area contributed by atoms with Crippen molar-refractivity contribution in [3.8, 4) is 0 Å². The van der Waals surface area contributed by atoms with Crippen molar-refractivity contribution in [1.82, 2.24) is 9.97 Å². The van der Waals surface area contributed by atoms with Crippen LogP contribution in [0.15, 0.2) is 46.7 Å². The van der Waals surface area contributed by atoms with E-state index in [9.17, 15) is 4.39 Å². The van der Waals surface area contributed by atoms with Gasteiger partial charge in [-0.1, -0.05) is 11.8 Å². The molecule has 3 N–H and O–H groups in total. The molecule has 0 saturated heterocycles. The minimum atomic E-state index is -0.415. The monoisotopic (exact) mass is 248 g/mol. The van der Waals surface area contributed by atoms with Crippen LogP contribution in [-0.2, 0) is 0 Å². The molecule has 0 unspecified atom stereocenters. The summed E-state index contributed by atoms with van der Waals surface area (Å²) in [7, 11) is 0. The third-order valence-electron chi connectivity index (χ3n) is 2.01. The van der Waals surface area contributed by atoms with Gasteiger partial charge in [0.15, 0.2) is 0 Å². The van der Waals surface area contributed by atoms with Crippen molar-refractivity contribution >= 4 is 17.6 Å². The van der Waals surface area contributed by atoms with Crippen LogP contribution >= 0.6 is 11.8 Å². The summed E-state index contributed by atoms with van der Waals surface area (Å²) in [5, 5.41) is 7.87. The van der Waals surface area contributed by atoms with Gasteiger partial charge in [-0.25, -0.2) is 14.4 Å². The van der Waals surface area contributed by atoms with Gasteiger partial charge in [-0.3, -0.25) is 5.41 Å². The van der Waals surface area contributed by atoms with Crippen molar-refractivity contribution in [2.75, 3.05) is 0 Å². The van der Waals surface area contributed by atoms with Crippen LogP contribution in [-0.4, -0.2) is 15.8 Å². The number of nitrogen functional groups attached to an aromatic ring is 1. The zero-order valence-corrected chi connectivity index (χ0v) is 9.54. The maximum Gasteiger partial charge on any atom is 0.137 e. The highest BCUT2D eigenvalue weighted by atomic mass is 32.2. The number of halogens is 1. The first-order valence-electron chi connectivity index (χ1n) is 4.74. The van der Waals surface area contributed by atoms with Crippen LogP contribution in [0.5, 0.6) is 0 Å². The number of benzene rings is 1. The Bertz CT molecular complexity index is 544. The van der Waals surface area contributed by atoms with Gasteiger partial charge in [0.2, 0.25) is 0 Å². The van der Waals surface area contributed by atoms with E-state index < -0.39 is 5.82 Å². The van der Waals surface area contributed by atoms with Crippen LogP contribution in [0.1, 0.15) is 5.56 Å². The standard InChI is InChI=1S/C11H9FN4S/c12-8-5-7(11(13)14)1-2-9(8)17-10-3-4-15-6-16-10/h1-6H,(H3,13,14). The molecule has 86 valence electrons. The minimum absolute atomic E-state index is 0.150. The predicted octanol–water partition coefficient (Wildman–Crippen LogP) is 2.05. The first kappa shape index (κ1) is 11.5. The van der Waals surface area contributed by atoms with E-state index in [4.69, 9.17) is 11.1 Å². The van der Waals surface area contributed by atoms with E-state index in [0.29, 0.717) is 15.5 Å². The molecule has 0 saturated carbocycles. The first-order chi connectivity index (χ1) is 8.16. The third-order valence-corrected chi connectivity index (χ3v) is 3.01. The maximum atomic E-state index is 13.7. The van der Waals surface area contributed by atoms with Crippen LogP contribution in [0, 0.1) is 11.2 Å². The Labute approximate surface area is 102 Å². The third kappa shape index (κ3) is 2.79. The van der Waals surface area contributed by atoms with Crippen LogP contribution < -0.4 is 5.73 Å². The van der Waals surface area contributed by atoms with Gasteiger partial charge in [0.05, 0.1) is 0 Å². The van der Waals surface area contributed by atoms with E-state index in [0.717, 1.165) is 0 Å². The molecule has 6 heteroatoms. The molecule has 1 aromatic heterocycles. The van der Waals surface area contributed by atoms with Gasteiger partial charge in [0, 0.05) is 16.7 Å². The molecule has 0 atom stereocenters. The fourth-order valence-electron chi connectivity index (χ4n) is 1.20. The number of aromatic nitrogens is 2. The lowest BCUT2D eigenvalue weighted by Gasteiger charge is -2.04. The van der Waals surface area contributed by atoms with Gasteiger partial charge >= 0.3 is 0 Å². The fourth-order valence-corrected chi connectivity index (χ4v) is 1.95. The number of hydrogen-bond acceptors (Lipinski definition) is 4. The van der Waals surface area contributed by atoms with E-state index in [2.05, 4.69) is 9.97 Å². The van der Waals surface area contributed by atoms with Crippen LogP contribution in [0.4, 0.5) is 4.39 Å². The van der Waals surface area contributed by atoms with Crippen LogP contribution in [0.2, 0.25) is 0 Å². The molecule has 0 aliphatic carbocycles. The van der Waals surface area contributed by atoms with Crippen molar-refractivity contribution in [3.05, 3.63) is 48.2 Å². The molecule has 0 bridgehead atoms. The summed E-state index contributed by atoms with van der Waals surface area (Å²) in [4.78, 5) is 8.21. The molecule has 2 rings (SSSR count). The number of nitrogens with two attached hydrogens (primary N) is 1. The summed E-state index contributed by atoms with van der Waals surface area (Å²) in [5.41, 5.74) is 5.64. The smallest absolute Gasteiger partial charge is 0.137 e. The minimum Gasteiger partial charge on any atom is -0.384 e. The van der Waals surface area contributed by atoms with E-state index in [-0.39, 0.29) is 5.84 Å². The first-order valence-corrected chi connectivity index (χ1v) is 5.56. The second-order valence-corrected chi connectivity index (χ2v) is 4.27. The van der Waals surface area contributed by atoms with Gasteiger partial charge in [-0.15, -0.1) is 0 Å². The quantitative estimate of drug-likeness (QED) is 0.495. The van der Waals surface area contributed by atoms with E-state index in [1.807, 2.05) is 0 Å². The molecule has 2 aromatic rings. The zero-order chi connectivity index (χ0) is 12.3. The van der Waals surface area contributed by atoms with Crippen molar-refractivity contribution in [3.63, 3.8) is 0 Å². The molecule has 1 heterocycles. The Kier molecular flexibility index (Phi) is 3.34. The van der Waals surface area contributed by atoms with Crippen molar-refractivity contribution < 1.29 is 4.39 Å². The maximum absolute atomic E-state index is 13.7. The summed E-state index contributed by atoms with van der Waals surface area (Å²) in [6.07, 6.45) is 3.00. The Morgan fingerprint density at radius 1 is 1.35 bits per heavy atom. The van der Waals surface area contributed by atoms with Crippen molar-refractivity contribution in [1.29, 1.82) is 5.41 Å². The molecule has 0 aliphatic rings. The second kappa shape index (κ2) is 4.92. The molecule has 0 amide bonds. The number of amidine groups is 1. The Hall–Kier alpha value is -1.95. The van der Waals surface area contributed by atoms with E-state index >= 15 is 0 Å². The lowest BCUT2D eigenvalue weighted by Crippen LogP contribution is -2.11. The van der Waals surface area contributed by atoms with Gasteiger partial charge < -0.3 is 5.73 Å². The number of rotatable bonds is 3. The molecule has 0 fully saturated rings. The van der Waals surface area contributed by atoms with Gasteiger partial charge in [0.25, 0.3) is 0 Å². The predicted molar refractivity (Wildman–Crippen MR) is 63.6 cm³/mol. The average Bonchev–Trinajstić information content (AvgIpc) is 2.33. The fraction of sp³-hybridized carbons (Fsp3) is 0. The summed E-state index contributed by atoms with van der Waals surface area (Å²) in [5.74, 6) is -0.566. The highest BCUT2D eigenvalue weighted by molar-refractivity contribution is 7.99. The lowest BCUT2D eigenvalue weighted by atomic mass is 10.2. The van der Waals surface area contributed by atoms with E-state index in [1.54, 1.807) is 24.4 Å². The molecule has 0 spiro atoms. The molecule has 4 nitrogen and oxygen atoms in total. The zero-order valence-electron chi connectivity index (χ0n) is 8.72. The molecular weight excluding hydrogens is 239 g/mol. The molecule has 1 aromatic carbocycles. The summed E-state index contributed by atoms with van der Waals surface area (Å²) < 4.78 is 13.7. The Balaban J connectivity index is 2.26. The largest absolute Gasteiger partial charge is 0.384 e. The van der Waals surface area contributed by atoms with Crippen molar-refractivity contribution in [2.45, 2.75) is 9.92 Å². The highest BCUT2D eigenvalue weighted by Crippen LogP contribution is 2.28. The molecule has 0 radical (unpaired) electrons. The molecular formula is C11H9FN4S. The van der Waals surface area contributed by atoms with E-state index in [1.165, 1.54) is 24.2 Å². The number of nitrogens with zero attached hydrogens (tertiary/aromatic N) is 2. The summed E-state index contributed by atoms with van der Waals surface area (Å²) in [6, 6.07) is 6.13.